The lowest BCUT2D eigenvalue weighted by molar-refractivity contribution is -0.144. The Balaban J connectivity index is 1.80. The van der Waals surface area contributed by atoms with Crippen LogP contribution >= 0.6 is 0 Å². The van der Waals surface area contributed by atoms with Crippen LogP contribution in [-0.4, -0.2) is 54.5 Å². The number of ether oxygens (including phenoxy) is 4. The van der Waals surface area contributed by atoms with Gasteiger partial charge in [-0.05, 0) is 18.6 Å². The van der Waals surface area contributed by atoms with E-state index in [-0.39, 0.29) is 30.4 Å². The molecule has 0 aliphatic carbocycles. The Labute approximate surface area is 141 Å². The van der Waals surface area contributed by atoms with Crippen molar-refractivity contribution in [3.8, 4) is 11.5 Å². The van der Waals surface area contributed by atoms with Gasteiger partial charge in [-0.1, -0.05) is 0 Å². The molecule has 8 nitrogen and oxygen atoms in total. The average Bonchev–Trinajstić information content (AvgIpc) is 2.58. The molecule has 0 fully saturated rings. The van der Waals surface area contributed by atoms with Crippen molar-refractivity contribution in [1.82, 2.24) is 4.72 Å². The number of nitrogens with one attached hydrogen (secondary N) is 1. The van der Waals surface area contributed by atoms with Gasteiger partial charge in [-0.2, -0.15) is 0 Å². The van der Waals surface area contributed by atoms with Crippen LogP contribution in [-0.2, 0) is 24.3 Å². The van der Waals surface area contributed by atoms with E-state index in [0.29, 0.717) is 37.7 Å². The van der Waals surface area contributed by atoms with E-state index in [1.165, 1.54) is 19.2 Å². The molecule has 0 saturated heterocycles. The van der Waals surface area contributed by atoms with Gasteiger partial charge in [-0.25, -0.2) is 13.1 Å². The summed E-state index contributed by atoms with van der Waals surface area (Å²) in [6, 6.07) is 4.45. The van der Waals surface area contributed by atoms with Gasteiger partial charge in [0.25, 0.3) is 0 Å². The lowest BCUT2D eigenvalue weighted by atomic mass is 10.3. The van der Waals surface area contributed by atoms with Gasteiger partial charge in [0.05, 0.1) is 11.5 Å². The third-order valence-electron chi connectivity index (χ3n) is 3.22. The normalized spacial score (nSPS) is 13.5. The molecule has 134 valence electrons. The molecule has 0 unspecified atom stereocenters. The lowest BCUT2D eigenvalue weighted by Gasteiger charge is -2.18. The number of methoxy groups -OCH3 is 1. The Kier molecular flexibility index (Phi) is 6.83. The van der Waals surface area contributed by atoms with Gasteiger partial charge in [0.15, 0.2) is 11.5 Å². The zero-order valence-electron chi connectivity index (χ0n) is 13.4. The SMILES string of the molecule is COCCOC(=O)CCCNS(=O)(=O)c1ccc2c(c1)OCCO2. The van der Waals surface area contributed by atoms with Crippen LogP contribution in [0.3, 0.4) is 0 Å². The Morgan fingerprint density at radius 3 is 2.71 bits per heavy atom. The largest absolute Gasteiger partial charge is 0.486 e. The zero-order valence-corrected chi connectivity index (χ0v) is 14.3. The van der Waals surface area contributed by atoms with Crippen LogP contribution in [0.5, 0.6) is 11.5 Å². The Hall–Kier alpha value is -1.84. The second-order valence-electron chi connectivity index (χ2n) is 5.02. The summed E-state index contributed by atoms with van der Waals surface area (Å²) in [4.78, 5) is 11.5. The minimum absolute atomic E-state index is 0.0921. The van der Waals surface area contributed by atoms with Gasteiger partial charge in [0.1, 0.15) is 19.8 Å². The Bertz CT molecular complexity index is 660. The summed E-state index contributed by atoms with van der Waals surface area (Å²) in [5.74, 6) is 0.551. The summed E-state index contributed by atoms with van der Waals surface area (Å²) >= 11 is 0. The third-order valence-corrected chi connectivity index (χ3v) is 4.68. The molecular formula is C15H21NO7S. The summed E-state index contributed by atoms with van der Waals surface area (Å²) in [6.07, 6.45) is 0.475. The molecular weight excluding hydrogens is 338 g/mol. The topological polar surface area (TPSA) is 100 Å². The molecule has 24 heavy (non-hydrogen) atoms. The van der Waals surface area contributed by atoms with Gasteiger partial charge < -0.3 is 18.9 Å². The van der Waals surface area contributed by atoms with Crippen LogP contribution in [0.15, 0.2) is 23.1 Å². The molecule has 0 aromatic heterocycles. The Morgan fingerprint density at radius 1 is 1.21 bits per heavy atom. The van der Waals surface area contributed by atoms with Crippen LogP contribution in [0.25, 0.3) is 0 Å². The highest BCUT2D eigenvalue weighted by molar-refractivity contribution is 7.89. The smallest absolute Gasteiger partial charge is 0.305 e. The minimum atomic E-state index is -3.67. The van der Waals surface area contributed by atoms with Crippen molar-refractivity contribution in [3.63, 3.8) is 0 Å². The summed E-state index contributed by atoms with van der Waals surface area (Å²) in [5, 5.41) is 0. The highest BCUT2D eigenvalue weighted by Crippen LogP contribution is 2.32. The summed E-state index contributed by atoms with van der Waals surface area (Å²) in [5.41, 5.74) is 0. The van der Waals surface area contributed by atoms with E-state index in [0.717, 1.165) is 0 Å². The molecule has 1 heterocycles. The molecule has 0 saturated carbocycles. The molecule has 1 aromatic carbocycles. The highest BCUT2D eigenvalue weighted by Gasteiger charge is 2.19. The predicted molar refractivity (Wildman–Crippen MR) is 84.7 cm³/mol. The summed E-state index contributed by atoms with van der Waals surface area (Å²) in [7, 11) is -2.16. The van der Waals surface area contributed by atoms with Gasteiger partial charge >= 0.3 is 5.97 Å². The maximum atomic E-state index is 12.2. The van der Waals surface area contributed by atoms with E-state index in [1.807, 2.05) is 0 Å². The third kappa shape index (κ3) is 5.36. The molecule has 1 aliphatic heterocycles. The minimum Gasteiger partial charge on any atom is -0.486 e. The van der Waals surface area contributed by atoms with E-state index in [1.54, 1.807) is 6.07 Å². The van der Waals surface area contributed by atoms with E-state index < -0.39 is 10.0 Å². The molecule has 1 aliphatic rings. The zero-order chi connectivity index (χ0) is 17.4. The standard InChI is InChI=1S/C15H21NO7S/c1-20-7-8-23-15(17)3-2-6-16-24(18,19)12-4-5-13-14(11-12)22-10-9-21-13/h4-5,11,16H,2-3,6-10H2,1H3. The molecule has 1 aromatic rings. The number of carbonyl (C=O) groups is 1. The van der Waals surface area contributed by atoms with Crippen molar-refractivity contribution in [3.05, 3.63) is 18.2 Å². The maximum Gasteiger partial charge on any atom is 0.305 e. The van der Waals surface area contributed by atoms with Gasteiger partial charge in [-0.3, -0.25) is 4.79 Å². The monoisotopic (exact) mass is 359 g/mol. The first kappa shape index (κ1) is 18.5. The molecule has 2 rings (SSSR count). The van der Waals surface area contributed by atoms with Crippen molar-refractivity contribution in [2.45, 2.75) is 17.7 Å². The number of hydrogen-bond acceptors (Lipinski definition) is 7. The first-order valence-electron chi connectivity index (χ1n) is 7.57. The summed E-state index contributed by atoms with van der Waals surface area (Å²) in [6.45, 7) is 1.49. The van der Waals surface area contributed by atoms with Crippen molar-refractivity contribution in [2.75, 3.05) is 40.1 Å². The van der Waals surface area contributed by atoms with Crippen molar-refractivity contribution < 1.29 is 32.2 Å². The van der Waals surface area contributed by atoms with Crippen LogP contribution in [0.4, 0.5) is 0 Å². The number of fused-ring (bicyclic) bond motifs is 1. The first-order valence-corrected chi connectivity index (χ1v) is 9.05. The summed E-state index contributed by atoms with van der Waals surface area (Å²) < 4.78 is 47.3. The Morgan fingerprint density at radius 2 is 1.96 bits per heavy atom. The van der Waals surface area contributed by atoms with Crippen molar-refractivity contribution >= 4 is 16.0 Å². The van der Waals surface area contributed by atoms with Gasteiger partial charge in [0, 0.05) is 26.1 Å². The van der Waals surface area contributed by atoms with Crippen molar-refractivity contribution in [1.29, 1.82) is 0 Å². The van der Waals surface area contributed by atoms with Crippen LogP contribution < -0.4 is 14.2 Å². The highest BCUT2D eigenvalue weighted by atomic mass is 32.2. The number of sulfonamides is 1. The van der Waals surface area contributed by atoms with E-state index in [4.69, 9.17) is 18.9 Å². The lowest BCUT2D eigenvalue weighted by Crippen LogP contribution is -2.26. The number of benzene rings is 1. The quantitative estimate of drug-likeness (QED) is 0.512. The second-order valence-corrected chi connectivity index (χ2v) is 6.79. The van der Waals surface area contributed by atoms with Gasteiger partial charge in [0.2, 0.25) is 10.0 Å². The fraction of sp³-hybridized carbons (Fsp3) is 0.533. The number of hydrogen-bond donors (Lipinski definition) is 1. The van der Waals surface area contributed by atoms with Crippen LogP contribution in [0, 0.1) is 0 Å². The maximum absolute atomic E-state index is 12.2. The molecule has 0 atom stereocenters. The first-order chi connectivity index (χ1) is 11.5. The molecule has 0 amide bonds. The molecule has 0 radical (unpaired) electrons. The van der Waals surface area contributed by atoms with E-state index >= 15 is 0 Å². The number of carbonyl (C=O) groups excluding carboxylic acids is 1. The predicted octanol–water partition coefficient (Wildman–Crippen LogP) is 0.706. The number of esters is 1. The molecule has 9 heteroatoms. The van der Waals surface area contributed by atoms with E-state index in [2.05, 4.69) is 4.72 Å². The molecule has 0 spiro atoms. The fourth-order valence-electron chi connectivity index (χ4n) is 2.02. The molecule has 0 bridgehead atoms. The molecule has 1 N–H and O–H groups in total. The van der Waals surface area contributed by atoms with E-state index in [9.17, 15) is 13.2 Å². The second kappa shape index (κ2) is 8.86. The van der Waals surface area contributed by atoms with Crippen molar-refractivity contribution in [2.24, 2.45) is 0 Å². The average molecular weight is 359 g/mol. The van der Waals surface area contributed by atoms with Crippen LogP contribution in [0.2, 0.25) is 0 Å². The van der Waals surface area contributed by atoms with Crippen LogP contribution in [0.1, 0.15) is 12.8 Å². The van der Waals surface area contributed by atoms with Gasteiger partial charge in [-0.15, -0.1) is 0 Å². The number of rotatable bonds is 9. The fourth-order valence-corrected chi connectivity index (χ4v) is 3.11.